The third kappa shape index (κ3) is 2.40. The van der Waals surface area contributed by atoms with Gasteiger partial charge in [0.15, 0.2) is 5.89 Å². The monoisotopic (exact) mass is 241 g/mol. The summed E-state index contributed by atoms with van der Waals surface area (Å²) < 4.78 is 5.42. The van der Waals surface area contributed by atoms with Gasteiger partial charge in [0.05, 0.1) is 12.1 Å². The molecule has 0 unspecified atom stereocenters. The summed E-state index contributed by atoms with van der Waals surface area (Å²) in [7, 11) is 0. The highest BCUT2D eigenvalue weighted by atomic mass is 32.2. The average molecular weight is 241 g/mol. The number of carbonyl (C=O) groups is 1. The van der Waals surface area contributed by atoms with Gasteiger partial charge in [-0.15, -0.1) is 0 Å². The third-order valence-electron chi connectivity index (χ3n) is 3.00. The molecule has 0 aliphatic carbocycles. The van der Waals surface area contributed by atoms with Crippen LogP contribution in [-0.2, 0) is 16.6 Å². The Hall–Kier alpha value is -0.970. The first-order valence-electron chi connectivity index (χ1n) is 5.35. The van der Waals surface area contributed by atoms with Crippen molar-refractivity contribution in [2.24, 2.45) is 0 Å². The average Bonchev–Trinajstić information content (AvgIpc) is 2.67. The molecular formula is C11H15NO3S. The summed E-state index contributed by atoms with van der Waals surface area (Å²) in [4.78, 5) is 14.8. The van der Waals surface area contributed by atoms with Crippen molar-refractivity contribution in [3.05, 3.63) is 17.8 Å². The molecule has 0 saturated carbocycles. The van der Waals surface area contributed by atoms with Gasteiger partial charge < -0.3 is 9.52 Å². The lowest BCUT2D eigenvalue weighted by molar-refractivity contribution is -0.136. The zero-order valence-corrected chi connectivity index (χ0v) is 10.0. The Morgan fingerprint density at radius 1 is 1.62 bits per heavy atom. The van der Waals surface area contributed by atoms with E-state index >= 15 is 0 Å². The van der Waals surface area contributed by atoms with Crippen molar-refractivity contribution in [1.82, 2.24) is 4.98 Å². The van der Waals surface area contributed by atoms with Gasteiger partial charge >= 0.3 is 5.97 Å². The summed E-state index contributed by atoms with van der Waals surface area (Å²) >= 11 is 1.95. The summed E-state index contributed by atoms with van der Waals surface area (Å²) in [5, 5.41) is 8.67. The Kier molecular flexibility index (Phi) is 3.23. The van der Waals surface area contributed by atoms with Crippen molar-refractivity contribution in [2.45, 2.75) is 31.6 Å². The van der Waals surface area contributed by atoms with Crippen LogP contribution in [0.25, 0.3) is 0 Å². The summed E-state index contributed by atoms with van der Waals surface area (Å²) in [6.07, 6.45) is 3.50. The zero-order chi connectivity index (χ0) is 11.6. The van der Waals surface area contributed by atoms with Crippen LogP contribution in [-0.4, -0.2) is 27.6 Å². The lowest BCUT2D eigenvalue weighted by Crippen LogP contribution is -2.27. The van der Waals surface area contributed by atoms with E-state index in [0.717, 1.165) is 24.3 Å². The first-order valence-corrected chi connectivity index (χ1v) is 6.50. The fraction of sp³-hybridized carbons (Fsp3) is 0.636. The van der Waals surface area contributed by atoms with Crippen LogP contribution < -0.4 is 0 Å². The second-order valence-corrected chi connectivity index (χ2v) is 5.61. The number of hydrogen-bond acceptors (Lipinski definition) is 4. The van der Waals surface area contributed by atoms with Crippen LogP contribution >= 0.6 is 11.8 Å². The van der Waals surface area contributed by atoms with E-state index in [-0.39, 0.29) is 11.8 Å². The summed E-state index contributed by atoms with van der Waals surface area (Å²) in [6, 6.07) is 0. The van der Waals surface area contributed by atoms with E-state index in [1.165, 1.54) is 6.26 Å². The lowest BCUT2D eigenvalue weighted by Gasteiger charge is -2.29. The van der Waals surface area contributed by atoms with Crippen molar-refractivity contribution < 1.29 is 14.3 Å². The fourth-order valence-corrected chi connectivity index (χ4v) is 3.25. The minimum absolute atomic E-state index is 0.0119. The number of carboxylic acid groups (broad SMARTS) is 1. The number of aromatic nitrogens is 1. The Morgan fingerprint density at radius 2 is 2.31 bits per heavy atom. The highest BCUT2D eigenvalue weighted by Gasteiger charge is 2.33. The molecule has 0 atom stereocenters. The molecule has 4 nitrogen and oxygen atoms in total. The molecular weight excluding hydrogens is 226 g/mol. The Labute approximate surface area is 98.4 Å². The maximum Gasteiger partial charge on any atom is 0.309 e. The highest BCUT2D eigenvalue weighted by molar-refractivity contribution is 7.99. The van der Waals surface area contributed by atoms with Crippen molar-refractivity contribution >= 4 is 17.7 Å². The molecule has 0 amide bonds. The van der Waals surface area contributed by atoms with E-state index in [1.54, 1.807) is 0 Å². The minimum atomic E-state index is -0.871. The van der Waals surface area contributed by atoms with Crippen LogP contribution in [0.4, 0.5) is 0 Å². The van der Waals surface area contributed by atoms with Crippen LogP contribution in [0.1, 0.15) is 31.4 Å². The topological polar surface area (TPSA) is 63.3 Å². The number of hydrogen-bond donors (Lipinski definition) is 1. The predicted octanol–water partition coefficient (Wildman–Crippen LogP) is 2.09. The third-order valence-corrected chi connectivity index (χ3v) is 3.98. The van der Waals surface area contributed by atoms with Gasteiger partial charge in [-0.1, -0.05) is 6.92 Å². The standard InChI is InChI=1S/C11H15NO3S/c1-11(2-4-16-5-3-11)10-12-8(7-15-10)6-9(13)14/h7H,2-6H2,1H3,(H,13,14). The van der Waals surface area contributed by atoms with Gasteiger partial charge in [0.1, 0.15) is 6.26 Å². The molecule has 1 aliphatic rings. The molecule has 1 N–H and O–H groups in total. The van der Waals surface area contributed by atoms with E-state index in [4.69, 9.17) is 9.52 Å². The number of nitrogens with zero attached hydrogens (tertiary/aromatic N) is 1. The van der Waals surface area contributed by atoms with E-state index in [0.29, 0.717) is 11.6 Å². The molecule has 1 aromatic rings. The fourth-order valence-electron chi connectivity index (χ4n) is 1.86. The van der Waals surface area contributed by atoms with Crippen LogP contribution in [0.15, 0.2) is 10.7 Å². The second-order valence-electron chi connectivity index (χ2n) is 4.39. The van der Waals surface area contributed by atoms with Crippen molar-refractivity contribution in [1.29, 1.82) is 0 Å². The maximum absolute atomic E-state index is 10.5. The Morgan fingerprint density at radius 3 is 2.94 bits per heavy atom. The van der Waals surface area contributed by atoms with Crippen molar-refractivity contribution in [3.63, 3.8) is 0 Å². The maximum atomic E-state index is 10.5. The lowest BCUT2D eigenvalue weighted by atomic mass is 9.84. The van der Waals surface area contributed by atoms with Gasteiger partial charge in [-0.3, -0.25) is 4.79 Å². The molecule has 16 heavy (non-hydrogen) atoms. The molecule has 0 radical (unpaired) electrons. The molecule has 0 bridgehead atoms. The molecule has 88 valence electrons. The van der Waals surface area contributed by atoms with Gasteiger partial charge in [-0.25, -0.2) is 4.98 Å². The molecule has 0 aromatic carbocycles. The molecule has 1 aliphatic heterocycles. The van der Waals surface area contributed by atoms with E-state index in [9.17, 15) is 4.79 Å². The predicted molar refractivity (Wildman–Crippen MR) is 61.8 cm³/mol. The number of carboxylic acids is 1. The van der Waals surface area contributed by atoms with Gasteiger partial charge in [0.2, 0.25) is 0 Å². The quantitative estimate of drug-likeness (QED) is 0.877. The second kappa shape index (κ2) is 4.49. The van der Waals surface area contributed by atoms with E-state index in [1.807, 2.05) is 11.8 Å². The molecule has 5 heteroatoms. The zero-order valence-electron chi connectivity index (χ0n) is 9.23. The van der Waals surface area contributed by atoms with E-state index < -0.39 is 5.97 Å². The Bertz CT molecular complexity index is 382. The largest absolute Gasteiger partial charge is 0.481 e. The smallest absolute Gasteiger partial charge is 0.309 e. The summed E-state index contributed by atoms with van der Waals surface area (Å²) in [5.41, 5.74) is 0.504. The van der Waals surface area contributed by atoms with Crippen LogP contribution in [0.3, 0.4) is 0 Å². The van der Waals surface area contributed by atoms with E-state index in [2.05, 4.69) is 11.9 Å². The summed E-state index contributed by atoms with van der Waals surface area (Å²) in [6.45, 7) is 2.14. The SMILES string of the molecule is CC1(c2nc(CC(=O)O)co2)CCSCC1. The van der Waals surface area contributed by atoms with Gasteiger partial charge in [0, 0.05) is 5.41 Å². The first-order chi connectivity index (χ1) is 7.60. The van der Waals surface area contributed by atoms with Crippen LogP contribution in [0.2, 0.25) is 0 Å². The van der Waals surface area contributed by atoms with Crippen molar-refractivity contribution in [3.8, 4) is 0 Å². The van der Waals surface area contributed by atoms with Crippen molar-refractivity contribution in [2.75, 3.05) is 11.5 Å². The van der Waals surface area contributed by atoms with Crippen LogP contribution in [0, 0.1) is 0 Å². The number of oxazole rings is 1. The molecule has 1 aromatic heterocycles. The molecule has 1 fully saturated rings. The van der Waals surface area contributed by atoms with Gasteiger partial charge in [0.25, 0.3) is 0 Å². The summed E-state index contributed by atoms with van der Waals surface area (Å²) in [5.74, 6) is 2.06. The van der Waals surface area contributed by atoms with Crippen LogP contribution in [0.5, 0.6) is 0 Å². The molecule has 2 heterocycles. The van der Waals surface area contributed by atoms with Gasteiger partial charge in [-0.2, -0.15) is 11.8 Å². The first kappa shape index (κ1) is 11.5. The normalized spacial score (nSPS) is 19.6. The number of thioether (sulfide) groups is 1. The number of aliphatic carboxylic acids is 1. The molecule has 1 saturated heterocycles. The molecule has 0 spiro atoms. The highest BCUT2D eigenvalue weighted by Crippen LogP contribution is 2.37. The molecule has 2 rings (SSSR count). The van der Waals surface area contributed by atoms with Gasteiger partial charge in [-0.05, 0) is 24.3 Å². The minimum Gasteiger partial charge on any atom is -0.481 e. The number of rotatable bonds is 3. The Balaban J connectivity index is 2.13.